The number of nitrogens with zero attached hydrogens (tertiary/aromatic N) is 4. The highest BCUT2D eigenvalue weighted by molar-refractivity contribution is 5.30. The first kappa shape index (κ1) is 15.3. The van der Waals surface area contributed by atoms with E-state index in [2.05, 4.69) is 33.4 Å². The second-order valence-electron chi connectivity index (χ2n) is 5.03. The summed E-state index contributed by atoms with van der Waals surface area (Å²) in [5.41, 5.74) is 3.15. The van der Waals surface area contributed by atoms with Crippen LogP contribution >= 0.6 is 0 Å². The molecule has 1 N–H and O–H groups in total. The Morgan fingerprint density at radius 3 is 2.62 bits per heavy atom. The molecule has 2 rings (SSSR count). The first-order chi connectivity index (χ1) is 10.1. The van der Waals surface area contributed by atoms with Crippen LogP contribution in [0.25, 0.3) is 0 Å². The Morgan fingerprint density at radius 1 is 1.14 bits per heavy atom. The Morgan fingerprint density at radius 2 is 1.95 bits per heavy atom. The molecule has 0 saturated carbocycles. The lowest BCUT2D eigenvalue weighted by Crippen LogP contribution is -2.11. The van der Waals surface area contributed by atoms with Gasteiger partial charge < -0.3 is 10.1 Å². The van der Waals surface area contributed by atoms with Gasteiger partial charge in [-0.1, -0.05) is 0 Å². The Labute approximate surface area is 125 Å². The van der Waals surface area contributed by atoms with Gasteiger partial charge in [-0.25, -0.2) is 4.98 Å². The van der Waals surface area contributed by atoms with E-state index >= 15 is 0 Å². The quantitative estimate of drug-likeness (QED) is 0.793. The molecule has 0 radical (unpaired) electrons. The summed E-state index contributed by atoms with van der Waals surface area (Å²) in [6.45, 7) is 10.3. The van der Waals surface area contributed by atoms with E-state index in [0.29, 0.717) is 18.4 Å². The fourth-order valence-electron chi connectivity index (χ4n) is 2.17. The van der Waals surface area contributed by atoms with Crippen LogP contribution in [0.4, 0.5) is 5.95 Å². The fraction of sp³-hybridized carbons (Fsp3) is 0.533. The largest absolute Gasteiger partial charge is 0.478 e. The van der Waals surface area contributed by atoms with Crippen molar-refractivity contribution in [3.05, 3.63) is 29.2 Å². The number of hydrogen-bond donors (Lipinski definition) is 1. The minimum Gasteiger partial charge on any atom is -0.478 e. The van der Waals surface area contributed by atoms with E-state index in [1.807, 2.05) is 31.5 Å². The van der Waals surface area contributed by atoms with E-state index in [-0.39, 0.29) is 0 Å². The maximum Gasteiger partial charge on any atom is 0.226 e. The number of anilines is 1. The van der Waals surface area contributed by atoms with Crippen molar-refractivity contribution >= 4 is 5.95 Å². The van der Waals surface area contributed by atoms with Gasteiger partial charge in [0.05, 0.1) is 12.3 Å². The minimum absolute atomic E-state index is 0.605. The van der Waals surface area contributed by atoms with Gasteiger partial charge in [-0.05, 0) is 40.2 Å². The molecule has 0 amide bonds. The number of ether oxygens (including phenoxy) is 1. The predicted molar refractivity (Wildman–Crippen MR) is 82.7 cm³/mol. The fourth-order valence-corrected chi connectivity index (χ4v) is 2.17. The molecule has 2 aromatic rings. The van der Waals surface area contributed by atoms with E-state index in [4.69, 9.17) is 4.74 Å². The third-order valence-electron chi connectivity index (χ3n) is 3.06. The van der Waals surface area contributed by atoms with Gasteiger partial charge in [-0.3, -0.25) is 4.68 Å². The van der Waals surface area contributed by atoms with Crippen LogP contribution in [0.2, 0.25) is 0 Å². The number of aromatic nitrogens is 4. The van der Waals surface area contributed by atoms with Gasteiger partial charge >= 0.3 is 0 Å². The highest BCUT2D eigenvalue weighted by Crippen LogP contribution is 2.12. The molecule has 0 aliphatic rings. The average Bonchev–Trinajstić information content (AvgIpc) is 2.73. The zero-order chi connectivity index (χ0) is 15.2. The average molecular weight is 289 g/mol. The molecule has 6 heteroatoms. The zero-order valence-corrected chi connectivity index (χ0v) is 13.2. The third-order valence-corrected chi connectivity index (χ3v) is 3.06. The van der Waals surface area contributed by atoms with Crippen LogP contribution in [0, 0.1) is 20.8 Å². The van der Waals surface area contributed by atoms with Crippen LogP contribution in [-0.4, -0.2) is 32.9 Å². The van der Waals surface area contributed by atoms with Crippen LogP contribution in [0.1, 0.15) is 30.4 Å². The monoisotopic (exact) mass is 289 g/mol. The van der Waals surface area contributed by atoms with Gasteiger partial charge in [0, 0.05) is 30.5 Å². The van der Waals surface area contributed by atoms with E-state index in [9.17, 15) is 0 Å². The van der Waals surface area contributed by atoms with Gasteiger partial charge in [-0.2, -0.15) is 10.1 Å². The Kier molecular flexibility index (Phi) is 5.14. The highest BCUT2D eigenvalue weighted by atomic mass is 16.5. The summed E-state index contributed by atoms with van der Waals surface area (Å²) >= 11 is 0. The van der Waals surface area contributed by atoms with Gasteiger partial charge in [0.25, 0.3) is 0 Å². The normalized spacial score (nSPS) is 10.7. The van der Waals surface area contributed by atoms with Crippen molar-refractivity contribution in [2.45, 2.75) is 40.7 Å². The second-order valence-corrected chi connectivity index (χ2v) is 5.03. The number of nitrogens with one attached hydrogen (secondary N) is 1. The van der Waals surface area contributed by atoms with Gasteiger partial charge in [-0.15, -0.1) is 0 Å². The van der Waals surface area contributed by atoms with Crippen molar-refractivity contribution in [2.24, 2.45) is 0 Å². The number of aryl methyl sites for hydroxylation is 4. The summed E-state index contributed by atoms with van der Waals surface area (Å²) in [4.78, 5) is 8.68. The molecule has 6 nitrogen and oxygen atoms in total. The van der Waals surface area contributed by atoms with Crippen LogP contribution in [0.3, 0.4) is 0 Å². The van der Waals surface area contributed by atoms with Gasteiger partial charge in [0.1, 0.15) is 0 Å². The number of rotatable bonds is 7. The molecule has 0 aliphatic carbocycles. The maximum atomic E-state index is 5.42. The summed E-state index contributed by atoms with van der Waals surface area (Å²) in [6.07, 6.45) is 0.962. The molecule has 0 spiro atoms. The van der Waals surface area contributed by atoms with Crippen LogP contribution in [0.5, 0.6) is 5.88 Å². The lowest BCUT2D eigenvalue weighted by atomic mass is 10.4. The van der Waals surface area contributed by atoms with Crippen LogP contribution in [0.15, 0.2) is 12.1 Å². The third kappa shape index (κ3) is 4.44. The maximum absolute atomic E-state index is 5.42. The summed E-state index contributed by atoms with van der Waals surface area (Å²) < 4.78 is 7.44. The standard InChI is InChI=1S/C15H23N5O/c1-5-21-14-10-11(2)17-15(18-14)16-7-6-8-20-13(4)9-12(3)19-20/h9-10H,5-8H2,1-4H3,(H,16,17,18). The Bertz CT molecular complexity index is 594. The molecule has 0 unspecified atom stereocenters. The molecule has 0 atom stereocenters. The Hall–Kier alpha value is -2.11. The molecule has 0 aromatic carbocycles. The van der Waals surface area contributed by atoms with Crippen molar-refractivity contribution in [2.75, 3.05) is 18.5 Å². The van der Waals surface area contributed by atoms with Crippen LogP contribution < -0.4 is 10.1 Å². The molecule has 21 heavy (non-hydrogen) atoms. The van der Waals surface area contributed by atoms with Crippen molar-refractivity contribution in [1.82, 2.24) is 19.7 Å². The first-order valence-electron chi connectivity index (χ1n) is 7.32. The van der Waals surface area contributed by atoms with E-state index in [1.54, 1.807) is 0 Å². The molecule has 0 saturated heterocycles. The Balaban J connectivity index is 1.84. The van der Waals surface area contributed by atoms with Gasteiger partial charge in [0.2, 0.25) is 11.8 Å². The second kappa shape index (κ2) is 7.06. The van der Waals surface area contributed by atoms with E-state index < -0.39 is 0 Å². The minimum atomic E-state index is 0.605. The molecular weight excluding hydrogens is 266 g/mol. The topological polar surface area (TPSA) is 64.9 Å². The highest BCUT2D eigenvalue weighted by Gasteiger charge is 2.03. The van der Waals surface area contributed by atoms with Crippen LogP contribution in [-0.2, 0) is 6.54 Å². The summed E-state index contributed by atoms with van der Waals surface area (Å²) in [7, 11) is 0. The molecule has 114 valence electrons. The predicted octanol–water partition coefficient (Wildman–Crippen LogP) is 2.50. The lowest BCUT2D eigenvalue weighted by Gasteiger charge is -2.09. The van der Waals surface area contributed by atoms with Crippen molar-refractivity contribution in [3.63, 3.8) is 0 Å². The summed E-state index contributed by atoms with van der Waals surface area (Å²) in [5.74, 6) is 1.23. The SMILES string of the molecule is CCOc1cc(C)nc(NCCCn2nc(C)cc2C)n1. The molecular formula is C15H23N5O. The molecule has 0 aliphatic heterocycles. The lowest BCUT2D eigenvalue weighted by molar-refractivity contribution is 0.326. The van der Waals surface area contributed by atoms with Crippen molar-refractivity contribution in [1.29, 1.82) is 0 Å². The smallest absolute Gasteiger partial charge is 0.226 e. The first-order valence-corrected chi connectivity index (χ1v) is 7.32. The molecule has 0 bridgehead atoms. The number of hydrogen-bond acceptors (Lipinski definition) is 5. The van der Waals surface area contributed by atoms with Crippen molar-refractivity contribution in [3.8, 4) is 5.88 Å². The van der Waals surface area contributed by atoms with E-state index in [1.165, 1.54) is 5.69 Å². The summed E-state index contributed by atoms with van der Waals surface area (Å²) in [6, 6.07) is 3.93. The van der Waals surface area contributed by atoms with E-state index in [0.717, 1.165) is 30.9 Å². The zero-order valence-electron chi connectivity index (χ0n) is 13.2. The van der Waals surface area contributed by atoms with Crippen molar-refractivity contribution < 1.29 is 4.74 Å². The molecule has 2 aromatic heterocycles. The summed E-state index contributed by atoms with van der Waals surface area (Å²) in [5, 5.41) is 7.68. The molecule has 0 fully saturated rings. The molecule has 2 heterocycles. The van der Waals surface area contributed by atoms with Gasteiger partial charge in [0.15, 0.2) is 0 Å².